The van der Waals surface area contributed by atoms with E-state index in [4.69, 9.17) is 0 Å². The number of hydrogen-bond acceptors (Lipinski definition) is 0. The van der Waals surface area contributed by atoms with Crippen LogP contribution in [0.3, 0.4) is 0 Å². The van der Waals surface area contributed by atoms with E-state index in [1.165, 1.54) is 0 Å². The molecule has 0 aromatic rings. The molecule has 0 nitrogen and oxygen atoms in total. The van der Waals surface area contributed by atoms with Crippen molar-refractivity contribution in [3.05, 3.63) is 0 Å². The predicted molar refractivity (Wildman–Crippen MR) is 13.5 cm³/mol. The summed E-state index contributed by atoms with van der Waals surface area (Å²) in [6, 6.07) is 0. The number of hydrogen-bond donors (Lipinski definition) is 0. The van der Waals surface area contributed by atoms with Gasteiger partial charge in [-0.25, -0.2) is 0 Å². The first-order chi connectivity index (χ1) is 0. The van der Waals surface area contributed by atoms with Crippen molar-refractivity contribution in [2.45, 2.75) is 14.9 Å². The minimum absolute atomic E-state index is 0. The van der Waals surface area contributed by atoms with E-state index in [2.05, 4.69) is 0 Å². The minimum Gasteiger partial charge on any atom is -0.0776 e. The Kier molecular flexibility index (Phi) is 379. The summed E-state index contributed by atoms with van der Waals surface area (Å²) in [4.78, 5) is 0. The fourth-order valence-electron chi connectivity index (χ4n) is 0. The first-order valence-electron chi connectivity index (χ1n) is 0. The molecule has 0 aliphatic heterocycles. The summed E-state index contributed by atoms with van der Waals surface area (Å²) in [7, 11) is 0. The van der Waals surface area contributed by atoms with Crippen LogP contribution in [-0.2, 0) is 41.2 Å². The largest absolute Gasteiger partial charge is 0.0776 e. The van der Waals surface area contributed by atoms with E-state index < -0.39 is 0 Å². The molecule has 0 saturated heterocycles. The molecule has 0 amide bonds. The van der Waals surface area contributed by atoms with Gasteiger partial charge in [0.05, 0.1) is 0 Å². The van der Waals surface area contributed by atoms with Gasteiger partial charge in [-0.05, 0) is 0 Å². The molecule has 0 aromatic carbocycles. The molecule has 0 fully saturated rings. The zero-order valence-electron chi connectivity index (χ0n) is 0.650. The van der Waals surface area contributed by atoms with E-state index in [-0.39, 0.29) is 56.0 Å². The Morgan fingerprint density at radius 2 is 0.750 bits per heavy atom. The van der Waals surface area contributed by atoms with Crippen molar-refractivity contribution in [1.82, 2.24) is 0 Å². The maximum absolute atomic E-state index is 0. The topological polar surface area (TPSA) is 0 Å². The van der Waals surface area contributed by atoms with Gasteiger partial charge in [0.15, 0.2) is 0 Å². The Bertz CT molecular complexity index is 6.00. The molecule has 1 radical (unpaired) electrons. The van der Waals surface area contributed by atoms with E-state index >= 15 is 0 Å². The Balaban J connectivity index is 0. The average molecular weight is 419 g/mol. The molecule has 2 heteroatoms. The molecule has 0 bridgehead atoms. The summed E-state index contributed by atoms with van der Waals surface area (Å²) in [6.45, 7) is 0. The van der Waals surface area contributed by atoms with Crippen LogP contribution in [0.4, 0.5) is 0 Å². The second-order valence-electron chi connectivity index (χ2n) is 0. The fraction of sp³-hybridized carbons (Fsp3) is 1.00. The van der Waals surface area contributed by atoms with Crippen molar-refractivity contribution in [2.24, 2.45) is 0 Å². The van der Waals surface area contributed by atoms with Crippen LogP contribution in [0, 0.1) is 0 Å². The Morgan fingerprint density at radius 3 is 0.750 bits per heavy atom. The number of rotatable bonds is 0. The first kappa shape index (κ1) is 56.1. The van der Waals surface area contributed by atoms with E-state index in [1.54, 1.807) is 0 Å². The van der Waals surface area contributed by atoms with E-state index in [0.717, 1.165) is 0 Å². The molecule has 0 heterocycles. The Hall–Kier alpha value is 1.34. The zero-order valence-corrected chi connectivity index (χ0v) is 5.32. The molecule has 0 atom stereocenters. The molecule has 0 aliphatic rings. The Labute approximate surface area is 56.0 Å². The van der Waals surface area contributed by atoms with Gasteiger partial charge in [0, 0.05) is 41.2 Å². The third kappa shape index (κ3) is 10.2. The van der Waals surface area contributed by atoms with Crippen LogP contribution in [-0.4, -0.2) is 0 Å². The summed E-state index contributed by atoms with van der Waals surface area (Å²) in [5.41, 5.74) is 0. The summed E-state index contributed by atoms with van der Waals surface area (Å²) in [5, 5.41) is 0. The average Bonchev–Trinajstić information content (AvgIpc) is 0. The van der Waals surface area contributed by atoms with E-state index in [1.807, 2.05) is 0 Å². The predicted octanol–water partition coefficient (Wildman–Crippen LogP) is 1.27. The molecule has 35 valence electrons. The van der Waals surface area contributed by atoms with Crippen LogP contribution in [0.5, 0.6) is 0 Å². The van der Waals surface area contributed by atoms with Crippen molar-refractivity contribution in [2.75, 3.05) is 0 Å². The summed E-state index contributed by atoms with van der Waals surface area (Å²) in [6.07, 6.45) is 0. The smallest absolute Gasteiger partial charge is 0 e. The third-order valence-electron chi connectivity index (χ3n) is 0. The van der Waals surface area contributed by atoms with Crippen molar-refractivity contribution >= 4 is 0 Å². The van der Waals surface area contributed by atoms with Crippen LogP contribution in [0.15, 0.2) is 0 Å². The molecule has 0 saturated carbocycles. The summed E-state index contributed by atoms with van der Waals surface area (Å²) >= 11 is 0. The molecule has 0 unspecified atom stereocenters. The summed E-state index contributed by atoms with van der Waals surface area (Å²) in [5.74, 6) is 0. The SMILES string of the molecule is C.C.[Ir].[Pt]. The normalized spacial score (nSPS) is 0. The quantitative estimate of drug-likeness (QED) is 0.555. The zero-order chi connectivity index (χ0) is 0. The van der Waals surface area contributed by atoms with E-state index in [9.17, 15) is 0 Å². The van der Waals surface area contributed by atoms with Crippen molar-refractivity contribution in [3.63, 3.8) is 0 Å². The van der Waals surface area contributed by atoms with Crippen molar-refractivity contribution in [3.8, 4) is 0 Å². The van der Waals surface area contributed by atoms with Gasteiger partial charge in [-0.15, -0.1) is 0 Å². The van der Waals surface area contributed by atoms with Gasteiger partial charge in [0.25, 0.3) is 0 Å². The van der Waals surface area contributed by atoms with Gasteiger partial charge in [0.2, 0.25) is 0 Å². The summed E-state index contributed by atoms with van der Waals surface area (Å²) < 4.78 is 0. The van der Waals surface area contributed by atoms with E-state index in [0.29, 0.717) is 0 Å². The monoisotopic (exact) mass is 420 g/mol. The van der Waals surface area contributed by atoms with Crippen molar-refractivity contribution < 1.29 is 41.2 Å². The van der Waals surface area contributed by atoms with Crippen LogP contribution < -0.4 is 0 Å². The van der Waals surface area contributed by atoms with Gasteiger partial charge in [-0.1, -0.05) is 14.9 Å². The van der Waals surface area contributed by atoms with Crippen LogP contribution in [0.1, 0.15) is 14.9 Å². The second kappa shape index (κ2) is 27.0. The van der Waals surface area contributed by atoms with Crippen molar-refractivity contribution in [1.29, 1.82) is 0 Å². The first-order valence-corrected chi connectivity index (χ1v) is 0. The molecular formula is C2H8IrPt. The van der Waals surface area contributed by atoms with Gasteiger partial charge in [-0.2, -0.15) is 0 Å². The molecule has 0 aromatic heterocycles. The van der Waals surface area contributed by atoms with Crippen LogP contribution in [0.2, 0.25) is 0 Å². The minimum atomic E-state index is 0. The molecular weight excluding hydrogens is 411 g/mol. The third-order valence-corrected chi connectivity index (χ3v) is 0. The maximum atomic E-state index is 0. The molecule has 0 rings (SSSR count). The van der Waals surface area contributed by atoms with Gasteiger partial charge in [0.1, 0.15) is 0 Å². The van der Waals surface area contributed by atoms with Crippen LogP contribution >= 0.6 is 0 Å². The molecule has 0 N–H and O–H groups in total. The van der Waals surface area contributed by atoms with Gasteiger partial charge >= 0.3 is 0 Å². The molecule has 0 aliphatic carbocycles. The van der Waals surface area contributed by atoms with Gasteiger partial charge in [-0.3, -0.25) is 0 Å². The van der Waals surface area contributed by atoms with Crippen LogP contribution in [0.25, 0.3) is 0 Å². The second-order valence-corrected chi connectivity index (χ2v) is 0. The maximum Gasteiger partial charge on any atom is 0 e. The fourth-order valence-corrected chi connectivity index (χ4v) is 0. The molecule has 4 heavy (non-hydrogen) atoms. The Morgan fingerprint density at radius 1 is 0.750 bits per heavy atom. The molecule has 0 spiro atoms. The van der Waals surface area contributed by atoms with Gasteiger partial charge < -0.3 is 0 Å². The standard InChI is InChI=1S/2CH4.Ir.Pt/h2*1H4;;.